The van der Waals surface area contributed by atoms with E-state index in [0.29, 0.717) is 17.4 Å². The number of amides is 1. The molecule has 1 aliphatic carbocycles. The normalized spacial score (nSPS) is 22.4. The summed E-state index contributed by atoms with van der Waals surface area (Å²) in [6.45, 7) is 0. The van der Waals surface area contributed by atoms with E-state index < -0.39 is 5.82 Å². The molecule has 1 aliphatic rings. The van der Waals surface area contributed by atoms with Crippen molar-refractivity contribution in [2.24, 2.45) is 5.92 Å². The molecule has 1 N–H and O–H groups in total. The van der Waals surface area contributed by atoms with Crippen LogP contribution in [0.25, 0.3) is 0 Å². The molecule has 1 amide bonds. The molecule has 1 saturated carbocycles. The third kappa shape index (κ3) is 3.42. The van der Waals surface area contributed by atoms with Gasteiger partial charge >= 0.3 is 0 Å². The average Bonchev–Trinajstić information content (AvgIpc) is 2.47. The molecular weight excluding hydrogens is 281 g/mol. The van der Waals surface area contributed by atoms with Gasteiger partial charge in [0.2, 0.25) is 0 Å². The molecule has 0 saturated heterocycles. The van der Waals surface area contributed by atoms with Gasteiger partial charge in [-0.15, -0.1) is 11.6 Å². The maximum atomic E-state index is 13.6. The highest BCUT2D eigenvalue weighted by molar-refractivity contribution is 6.18. The fraction of sp³-hybridized carbons (Fsp3) is 0.533. The highest BCUT2D eigenvalue weighted by Crippen LogP contribution is 2.26. The van der Waals surface area contributed by atoms with Gasteiger partial charge in [0.15, 0.2) is 11.6 Å². The quantitative estimate of drug-likeness (QED) is 0.866. The molecule has 2 rings (SSSR count). The summed E-state index contributed by atoms with van der Waals surface area (Å²) >= 11 is 5.94. The van der Waals surface area contributed by atoms with Gasteiger partial charge in [0.05, 0.1) is 7.11 Å². The zero-order valence-corrected chi connectivity index (χ0v) is 12.3. The van der Waals surface area contributed by atoms with E-state index in [2.05, 4.69) is 5.32 Å². The van der Waals surface area contributed by atoms with Crippen LogP contribution < -0.4 is 10.1 Å². The van der Waals surface area contributed by atoms with Crippen LogP contribution >= 0.6 is 11.6 Å². The van der Waals surface area contributed by atoms with Crippen LogP contribution in [0.2, 0.25) is 0 Å². The summed E-state index contributed by atoms with van der Waals surface area (Å²) in [6.07, 6.45) is 4.21. The van der Waals surface area contributed by atoms with E-state index in [1.165, 1.54) is 19.2 Å². The standard InChI is InChI=1S/C15H19ClFNO2/c1-20-14-7-6-10(8-12(14)17)15(19)18-13-5-3-2-4-11(13)9-16/h6-8,11,13H,2-5,9H2,1H3,(H,18,19). The Balaban J connectivity index is 2.05. The highest BCUT2D eigenvalue weighted by Gasteiger charge is 2.26. The van der Waals surface area contributed by atoms with Crippen molar-refractivity contribution in [1.82, 2.24) is 5.32 Å². The topological polar surface area (TPSA) is 38.3 Å². The zero-order chi connectivity index (χ0) is 14.5. The Kier molecular flexibility index (Phi) is 5.24. The van der Waals surface area contributed by atoms with Gasteiger partial charge in [0.25, 0.3) is 5.91 Å². The number of ether oxygens (including phenoxy) is 1. The summed E-state index contributed by atoms with van der Waals surface area (Å²) in [5.74, 6) is 0.198. The smallest absolute Gasteiger partial charge is 0.251 e. The van der Waals surface area contributed by atoms with E-state index in [1.54, 1.807) is 6.07 Å². The molecule has 0 aliphatic heterocycles. The van der Waals surface area contributed by atoms with E-state index in [1.807, 2.05) is 0 Å². The van der Waals surface area contributed by atoms with Gasteiger partial charge in [-0.2, -0.15) is 0 Å². The third-order valence-electron chi connectivity index (χ3n) is 3.84. The first-order valence-electron chi connectivity index (χ1n) is 6.86. The second kappa shape index (κ2) is 6.93. The van der Waals surface area contributed by atoms with Gasteiger partial charge in [-0.3, -0.25) is 4.79 Å². The van der Waals surface area contributed by atoms with Crippen LogP contribution in [0.4, 0.5) is 4.39 Å². The van der Waals surface area contributed by atoms with E-state index in [9.17, 15) is 9.18 Å². The Morgan fingerprint density at radius 3 is 2.85 bits per heavy atom. The number of carbonyl (C=O) groups is 1. The summed E-state index contributed by atoms with van der Waals surface area (Å²) in [5.41, 5.74) is 0.308. The van der Waals surface area contributed by atoms with Crippen molar-refractivity contribution in [3.63, 3.8) is 0 Å². The lowest BCUT2D eigenvalue weighted by Crippen LogP contribution is -2.42. The van der Waals surface area contributed by atoms with Gasteiger partial charge in [-0.1, -0.05) is 12.8 Å². The zero-order valence-electron chi connectivity index (χ0n) is 11.5. The van der Waals surface area contributed by atoms with Crippen molar-refractivity contribution < 1.29 is 13.9 Å². The second-order valence-corrected chi connectivity index (χ2v) is 5.44. The molecule has 110 valence electrons. The minimum atomic E-state index is -0.530. The van der Waals surface area contributed by atoms with Crippen molar-refractivity contribution in [3.8, 4) is 5.75 Å². The first-order valence-corrected chi connectivity index (χ1v) is 7.39. The number of rotatable bonds is 4. The average molecular weight is 300 g/mol. The van der Waals surface area contributed by atoms with E-state index >= 15 is 0 Å². The number of alkyl halides is 1. The molecule has 0 radical (unpaired) electrons. The monoisotopic (exact) mass is 299 g/mol. The van der Waals surface area contributed by atoms with Crippen molar-refractivity contribution in [2.75, 3.05) is 13.0 Å². The summed E-state index contributed by atoms with van der Waals surface area (Å²) < 4.78 is 18.4. The maximum Gasteiger partial charge on any atom is 0.251 e. The molecular formula is C15H19ClFNO2. The van der Waals surface area contributed by atoms with Gasteiger partial charge < -0.3 is 10.1 Å². The van der Waals surface area contributed by atoms with Crippen LogP contribution in [0.15, 0.2) is 18.2 Å². The predicted octanol–water partition coefficient (Wildman–Crippen LogP) is 3.36. The first kappa shape index (κ1) is 15.1. The number of carbonyl (C=O) groups excluding carboxylic acids is 1. The van der Waals surface area contributed by atoms with Crippen molar-refractivity contribution in [2.45, 2.75) is 31.7 Å². The fourth-order valence-corrected chi connectivity index (χ4v) is 3.01. The maximum absolute atomic E-state index is 13.6. The Morgan fingerprint density at radius 1 is 1.45 bits per heavy atom. The lowest BCUT2D eigenvalue weighted by atomic mass is 9.85. The molecule has 1 fully saturated rings. The number of halogens is 2. The Hall–Kier alpha value is -1.29. The predicted molar refractivity (Wildman–Crippen MR) is 76.9 cm³/mol. The molecule has 0 bridgehead atoms. The van der Waals surface area contributed by atoms with Crippen LogP contribution in [0.3, 0.4) is 0 Å². The first-order chi connectivity index (χ1) is 9.65. The minimum absolute atomic E-state index is 0.0823. The van der Waals surface area contributed by atoms with Crippen LogP contribution in [0.5, 0.6) is 5.75 Å². The molecule has 3 nitrogen and oxygen atoms in total. The molecule has 1 aromatic rings. The molecule has 20 heavy (non-hydrogen) atoms. The number of hydrogen-bond donors (Lipinski definition) is 1. The molecule has 2 atom stereocenters. The lowest BCUT2D eigenvalue weighted by Gasteiger charge is -2.30. The van der Waals surface area contributed by atoms with Crippen molar-refractivity contribution in [1.29, 1.82) is 0 Å². The molecule has 1 aromatic carbocycles. The number of methoxy groups -OCH3 is 1. The summed E-state index contributed by atoms with van der Waals surface area (Å²) in [7, 11) is 1.39. The highest BCUT2D eigenvalue weighted by atomic mass is 35.5. The number of nitrogens with one attached hydrogen (secondary N) is 1. The molecule has 2 unspecified atom stereocenters. The summed E-state index contributed by atoms with van der Waals surface area (Å²) in [4.78, 5) is 12.2. The largest absolute Gasteiger partial charge is 0.494 e. The van der Waals surface area contributed by atoms with E-state index in [-0.39, 0.29) is 17.7 Å². The van der Waals surface area contributed by atoms with E-state index in [0.717, 1.165) is 25.7 Å². The van der Waals surface area contributed by atoms with E-state index in [4.69, 9.17) is 16.3 Å². The van der Waals surface area contributed by atoms with Gasteiger partial charge in [0.1, 0.15) is 0 Å². The SMILES string of the molecule is COc1ccc(C(=O)NC2CCCCC2CCl)cc1F. The van der Waals surface area contributed by atoms with Crippen LogP contribution in [0, 0.1) is 11.7 Å². The number of benzene rings is 1. The fourth-order valence-electron chi connectivity index (χ4n) is 2.64. The minimum Gasteiger partial charge on any atom is -0.494 e. The van der Waals surface area contributed by atoms with Crippen molar-refractivity contribution in [3.05, 3.63) is 29.6 Å². The molecule has 5 heteroatoms. The summed E-state index contributed by atoms with van der Waals surface area (Å²) in [6, 6.07) is 4.31. The third-order valence-corrected chi connectivity index (χ3v) is 4.23. The van der Waals surface area contributed by atoms with Crippen LogP contribution in [0.1, 0.15) is 36.0 Å². The van der Waals surface area contributed by atoms with Gasteiger partial charge in [-0.25, -0.2) is 4.39 Å². The van der Waals surface area contributed by atoms with Crippen molar-refractivity contribution >= 4 is 17.5 Å². The Labute approximate surface area is 123 Å². The van der Waals surface area contributed by atoms with Gasteiger partial charge in [-0.05, 0) is 37.0 Å². The molecule has 0 aromatic heterocycles. The molecule has 0 heterocycles. The second-order valence-electron chi connectivity index (χ2n) is 5.13. The number of hydrogen-bond acceptors (Lipinski definition) is 2. The van der Waals surface area contributed by atoms with Gasteiger partial charge in [0, 0.05) is 17.5 Å². The summed E-state index contributed by atoms with van der Waals surface area (Å²) in [5, 5.41) is 2.97. The molecule has 0 spiro atoms. The van der Waals surface area contributed by atoms with Crippen LogP contribution in [-0.4, -0.2) is 24.9 Å². The lowest BCUT2D eigenvalue weighted by molar-refractivity contribution is 0.0910. The Bertz CT molecular complexity index is 481. The van der Waals surface area contributed by atoms with Crippen LogP contribution in [-0.2, 0) is 0 Å². The Morgan fingerprint density at radius 2 is 2.20 bits per heavy atom.